The van der Waals surface area contributed by atoms with Crippen LogP contribution in [0.4, 0.5) is 5.69 Å². The Kier molecular flexibility index (Phi) is 3.16. The van der Waals surface area contributed by atoms with Crippen LogP contribution in [0.15, 0.2) is 42.5 Å². The fraction of sp³-hybridized carbons (Fsp3) is 0.294. The van der Waals surface area contributed by atoms with Crippen molar-refractivity contribution in [2.75, 3.05) is 12.8 Å². The number of ether oxygens (including phenoxy) is 1. The van der Waals surface area contributed by atoms with Crippen LogP contribution in [0.1, 0.15) is 29.0 Å². The lowest BCUT2D eigenvalue weighted by molar-refractivity contribution is 0.413. The third-order valence-electron chi connectivity index (χ3n) is 4.08. The number of anilines is 1. The van der Waals surface area contributed by atoms with Gasteiger partial charge in [0.2, 0.25) is 0 Å². The number of methoxy groups -OCH3 is 1. The number of nitrogens with two attached hydrogens (primary N) is 1. The van der Waals surface area contributed by atoms with E-state index in [4.69, 9.17) is 10.5 Å². The molecule has 2 heteroatoms. The highest BCUT2D eigenvalue weighted by molar-refractivity contribution is 5.50. The van der Waals surface area contributed by atoms with E-state index in [0.717, 1.165) is 30.7 Å². The van der Waals surface area contributed by atoms with Gasteiger partial charge in [0.25, 0.3) is 0 Å². The standard InChI is InChI=1S/C17H19NO/c1-19-15-9-8-12-10-14(7-6-13(12)11-15)16-4-2-3-5-17(16)18/h2-5,8-9,11,14H,6-7,10,18H2,1H3. The van der Waals surface area contributed by atoms with E-state index < -0.39 is 0 Å². The van der Waals surface area contributed by atoms with Crippen LogP contribution in [-0.2, 0) is 12.8 Å². The Bertz CT molecular complexity index is 592. The minimum atomic E-state index is 0.544. The van der Waals surface area contributed by atoms with Crippen LogP contribution in [-0.4, -0.2) is 7.11 Å². The van der Waals surface area contributed by atoms with Crippen LogP contribution in [0, 0.1) is 0 Å². The SMILES string of the molecule is COc1ccc2c(c1)CCC(c1ccccc1N)C2. The molecule has 1 aliphatic rings. The number of benzene rings is 2. The van der Waals surface area contributed by atoms with Crippen molar-refractivity contribution in [2.24, 2.45) is 0 Å². The second-order valence-electron chi connectivity index (χ2n) is 5.20. The molecule has 0 heterocycles. The van der Waals surface area contributed by atoms with E-state index in [2.05, 4.69) is 30.3 Å². The Morgan fingerprint density at radius 1 is 1.11 bits per heavy atom. The van der Waals surface area contributed by atoms with Crippen molar-refractivity contribution in [3.63, 3.8) is 0 Å². The number of nitrogen functional groups attached to an aromatic ring is 1. The maximum atomic E-state index is 6.10. The highest BCUT2D eigenvalue weighted by Crippen LogP contribution is 2.36. The van der Waals surface area contributed by atoms with E-state index in [1.165, 1.54) is 16.7 Å². The lowest BCUT2D eigenvalue weighted by atomic mass is 9.79. The summed E-state index contributed by atoms with van der Waals surface area (Å²) < 4.78 is 5.29. The number of hydrogen-bond acceptors (Lipinski definition) is 2. The minimum absolute atomic E-state index is 0.544. The molecule has 1 unspecified atom stereocenters. The van der Waals surface area contributed by atoms with Crippen LogP contribution < -0.4 is 10.5 Å². The first-order valence-corrected chi connectivity index (χ1v) is 6.78. The zero-order chi connectivity index (χ0) is 13.2. The molecule has 98 valence electrons. The largest absolute Gasteiger partial charge is 0.497 e. The molecule has 2 aromatic carbocycles. The van der Waals surface area contributed by atoms with Crippen LogP contribution in [0.3, 0.4) is 0 Å². The smallest absolute Gasteiger partial charge is 0.119 e. The molecule has 0 amide bonds. The van der Waals surface area contributed by atoms with E-state index in [1.54, 1.807) is 7.11 Å². The first-order valence-electron chi connectivity index (χ1n) is 6.78. The molecule has 0 radical (unpaired) electrons. The van der Waals surface area contributed by atoms with E-state index in [9.17, 15) is 0 Å². The molecule has 2 nitrogen and oxygen atoms in total. The molecule has 0 saturated carbocycles. The molecule has 0 saturated heterocycles. The zero-order valence-electron chi connectivity index (χ0n) is 11.2. The Labute approximate surface area is 114 Å². The summed E-state index contributed by atoms with van der Waals surface area (Å²) in [4.78, 5) is 0. The normalized spacial score (nSPS) is 17.8. The third-order valence-corrected chi connectivity index (χ3v) is 4.08. The molecule has 2 N–H and O–H groups in total. The van der Waals surface area contributed by atoms with E-state index in [0.29, 0.717) is 5.92 Å². The predicted octanol–water partition coefficient (Wildman–Crippen LogP) is 3.55. The zero-order valence-corrected chi connectivity index (χ0v) is 11.2. The van der Waals surface area contributed by atoms with Gasteiger partial charge in [-0.1, -0.05) is 24.3 Å². The first kappa shape index (κ1) is 12.1. The van der Waals surface area contributed by atoms with Crippen LogP contribution in [0.2, 0.25) is 0 Å². The number of rotatable bonds is 2. The third kappa shape index (κ3) is 2.30. The van der Waals surface area contributed by atoms with E-state index in [-0.39, 0.29) is 0 Å². The summed E-state index contributed by atoms with van der Waals surface area (Å²) in [6.07, 6.45) is 3.34. The Morgan fingerprint density at radius 2 is 1.95 bits per heavy atom. The van der Waals surface area contributed by atoms with Gasteiger partial charge in [-0.05, 0) is 60.1 Å². The molecule has 1 aliphatic carbocycles. The Hall–Kier alpha value is -1.96. The molecular formula is C17H19NO. The van der Waals surface area contributed by atoms with Gasteiger partial charge in [0.1, 0.15) is 5.75 Å². The van der Waals surface area contributed by atoms with Crippen LogP contribution in [0.5, 0.6) is 5.75 Å². The first-order chi connectivity index (χ1) is 9.28. The summed E-state index contributed by atoms with van der Waals surface area (Å²) in [6, 6.07) is 14.7. The fourth-order valence-corrected chi connectivity index (χ4v) is 3.01. The summed E-state index contributed by atoms with van der Waals surface area (Å²) in [5.74, 6) is 1.50. The quantitative estimate of drug-likeness (QED) is 0.831. The van der Waals surface area contributed by atoms with Crippen molar-refractivity contribution in [2.45, 2.75) is 25.2 Å². The van der Waals surface area contributed by atoms with Crippen molar-refractivity contribution < 1.29 is 4.74 Å². The molecule has 0 spiro atoms. The van der Waals surface area contributed by atoms with Gasteiger partial charge in [-0.2, -0.15) is 0 Å². The van der Waals surface area contributed by atoms with Crippen molar-refractivity contribution in [1.82, 2.24) is 0 Å². The average Bonchev–Trinajstić information content (AvgIpc) is 2.46. The maximum absolute atomic E-state index is 6.10. The highest BCUT2D eigenvalue weighted by atomic mass is 16.5. The molecule has 19 heavy (non-hydrogen) atoms. The van der Waals surface area contributed by atoms with Gasteiger partial charge in [-0.3, -0.25) is 0 Å². The molecule has 1 atom stereocenters. The molecule has 0 aliphatic heterocycles. The predicted molar refractivity (Wildman–Crippen MR) is 78.6 cm³/mol. The number of fused-ring (bicyclic) bond motifs is 1. The Balaban J connectivity index is 1.88. The fourth-order valence-electron chi connectivity index (χ4n) is 3.01. The molecular weight excluding hydrogens is 234 g/mol. The molecule has 2 aromatic rings. The van der Waals surface area contributed by atoms with Gasteiger partial charge in [-0.25, -0.2) is 0 Å². The van der Waals surface area contributed by atoms with Crippen molar-refractivity contribution in [3.05, 3.63) is 59.2 Å². The summed E-state index contributed by atoms with van der Waals surface area (Å²) in [7, 11) is 1.72. The van der Waals surface area contributed by atoms with E-state index >= 15 is 0 Å². The lowest BCUT2D eigenvalue weighted by Crippen LogP contribution is -2.14. The second kappa shape index (κ2) is 4.96. The van der Waals surface area contributed by atoms with Gasteiger partial charge in [-0.15, -0.1) is 0 Å². The average molecular weight is 253 g/mol. The summed E-state index contributed by atoms with van der Waals surface area (Å²) in [5.41, 5.74) is 11.2. The molecule has 0 aromatic heterocycles. The van der Waals surface area contributed by atoms with Gasteiger partial charge < -0.3 is 10.5 Å². The number of para-hydroxylation sites is 1. The van der Waals surface area contributed by atoms with Gasteiger partial charge in [0, 0.05) is 5.69 Å². The maximum Gasteiger partial charge on any atom is 0.119 e. The Morgan fingerprint density at radius 3 is 2.74 bits per heavy atom. The van der Waals surface area contributed by atoms with Crippen LogP contribution in [0.25, 0.3) is 0 Å². The lowest BCUT2D eigenvalue weighted by Gasteiger charge is -2.26. The molecule has 0 bridgehead atoms. The van der Waals surface area contributed by atoms with Crippen LogP contribution >= 0.6 is 0 Å². The summed E-state index contributed by atoms with van der Waals surface area (Å²) >= 11 is 0. The van der Waals surface area contributed by atoms with Crippen molar-refractivity contribution >= 4 is 5.69 Å². The number of aryl methyl sites for hydroxylation is 1. The second-order valence-corrected chi connectivity index (χ2v) is 5.20. The van der Waals surface area contributed by atoms with Gasteiger partial charge >= 0.3 is 0 Å². The van der Waals surface area contributed by atoms with Gasteiger partial charge in [0.05, 0.1) is 7.11 Å². The monoisotopic (exact) mass is 253 g/mol. The molecule has 3 rings (SSSR count). The van der Waals surface area contributed by atoms with Crippen molar-refractivity contribution in [1.29, 1.82) is 0 Å². The molecule has 0 fully saturated rings. The number of hydrogen-bond donors (Lipinski definition) is 1. The minimum Gasteiger partial charge on any atom is -0.497 e. The highest BCUT2D eigenvalue weighted by Gasteiger charge is 2.21. The van der Waals surface area contributed by atoms with E-state index in [1.807, 2.05) is 12.1 Å². The topological polar surface area (TPSA) is 35.2 Å². The summed E-state index contributed by atoms with van der Waals surface area (Å²) in [6.45, 7) is 0. The van der Waals surface area contributed by atoms with Gasteiger partial charge in [0.15, 0.2) is 0 Å². The van der Waals surface area contributed by atoms with Crippen molar-refractivity contribution in [3.8, 4) is 5.75 Å². The summed E-state index contributed by atoms with van der Waals surface area (Å²) in [5, 5.41) is 0.